The summed E-state index contributed by atoms with van der Waals surface area (Å²) in [5.41, 5.74) is 1.37. The zero-order chi connectivity index (χ0) is 12.1. The number of rotatable bonds is 5. The molecule has 0 saturated heterocycles. The van der Waals surface area contributed by atoms with E-state index in [0.717, 1.165) is 12.3 Å². The van der Waals surface area contributed by atoms with E-state index in [2.05, 4.69) is 49.5 Å². The summed E-state index contributed by atoms with van der Waals surface area (Å²) in [6.45, 7) is 5.31. The normalized spacial score (nSPS) is 14.5. The summed E-state index contributed by atoms with van der Waals surface area (Å²) in [6.07, 6.45) is 1.72. The van der Waals surface area contributed by atoms with Crippen LogP contribution in [0.2, 0.25) is 0 Å². The van der Waals surface area contributed by atoms with E-state index in [-0.39, 0.29) is 6.04 Å². The van der Waals surface area contributed by atoms with E-state index in [9.17, 15) is 0 Å². The number of hydrogen-bond acceptors (Lipinski definition) is 2. The Bertz CT molecular complexity index is 421. The van der Waals surface area contributed by atoms with E-state index in [0.29, 0.717) is 5.92 Å². The highest BCUT2D eigenvalue weighted by Gasteiger charge is 2.10. The molecular weight excluding hydrogens is 210 g/mol. The third-order valence-corrected chi connectivity index (χ3v) is 3.07. The average molecular weight is 229 g/mol. The second-order valence-electron chi connectivity index (χ2n) is 4.46. The average Bonchev–Trinajstić information content (AvgIpc) is 2.90. The van der Waals surface area contributed by atoms with Gasteiger partial charge in [-0.15, -0.1) is 0 Å². The first-order valence-corrected chi connectivity index (χ1v) is 6.09. The first-order valence-electron chi connectivity index (χ1n) is 6.09. The smallest absolute Gasteiger partial charge is 0.120 e. The van der Waals surface area contributed by atoms with E-state index in [4.69, 9.17) is 4.42 Å². The van der Waals surface area contributed by atoms with Crippen molar-refractivity contribution in [1.82, 2.24) is 5.32 Å². The molecule has 0 saturated carbocycles. The third kappa shape index (κ3) is 3.21. The highest BCUT2D eigenvalue weighted by Crippen LogP contribution is 2.16. The van der Waals surface area contributed by atoms with Crippen molar-refractivity contribution >= 4 is 0 Å². The molecule has 2 atom stereocenters. The van der Waals surface area contributed by atoms with Gasteiger partial charge in [-0.2, -0.15) is 0 Å². The molecule has 1 N–H and O–H groups in total. The fraction of sp³-hybridized carbons (Fsp3) is 0.333. The Morgan fingerprint density at radius 3 is 2.47 bits per heavy atom. The van der Waals surface area contributed by atoms with Gasteiger partial charge in [0.05, 0.1) is 12.3 Å². The highest BCUT2D eigenvalue weighted by molar-refractivity contribution is 5.19. The summed E-state index contributed by atoms with van der Waals surface area (Å²) >= 11 is 0. The van der Waals surface area contributed by atoms with Crippen LogP contribution in [0.15, 0.2) is 53.1 Å². The fourth-order valence-electron chi connectivity index (χ4n) is 1.89. The van der Waals surface area contributed by atoms with Crippen LogP contribution in [-0.2, 0) is 0 Å². The minimum absolute atomic E-state index is 0.260. The van der Waals surface area contributed by atoms with Crippen LogP contribution in [0.3, 0.4) is 0 Å². The molecule has 0 radical (unpaired) electrons. The van der Waals surface area contributed by atoms with Crippen molar-refractivity contribution in [2.75, 3.05) is 6.54 Å². The van der Waals surface area contributed by atoms with Crippen LogP contribution < -0.4 is 5.32 Å². The molecule has 1 unspecified atom stereocenters. The lowest BCUT2D eigenvalue weighted by Gasteiger charge is -2.16. The Kier molecular flexibility index (Phi) is 3.99. The topological polar surface area (TPSA) is 25.2 Å². The van der Waals surface area contributed by atoms with Crippen LogP contribution in [0.1, 0.15) is 37.1 Å². The monoisotopic (exact) mass is 229 g/mol. The predicted molar refractivity (Wildman–Crippen MR) is 70.0 cm³/mol. The van der Waals surface area contributed by atoms with Gasteiger partial charge >= 0.3 is 0 Å². The summed E-state index contributed by atoms with van der Waals surface area (Å²) in [4.78, 5) is 0. The Morgan fingerprint density at radius 1 is 1.06 bits per heavy atom. The van der Waals surface area contributed by atoms with Crippen molar-refractivity contribution in [3.05, 3.63) is 60.1 Å². The molecule has 1 aromatic heterocycles. The van der Waals surface area contributed by atoms with Gasteiger partial charge in [0.15, 0.2) is 0 Å². The third-order valence-electron chi connectivity index (χ3n) is 3.07. The Hall–Kier alpha value is -1.54. The van der Waals surface area contributed by atoms with Gasteiger partial charge in [0.1, 0.15) is 5.76 Å². The number of benzene rings is 1. The molecule has 2 rings (SSSR count). The zero-order valence-electron chi connectivity index (χ0n) is 10.4. The number of hydrogen-bond donors (Lipinski definition) is 1. The molecule has 0 aliphatic rings. The lowest BCUT2D eigenvalue weighted by atomic mass is 10.0. The standard InChI is InChI=1S/C15H19NO/c1-12(14-7-4-3-5-8-14)11-16-13(2)15-9-6-10-17-15/h3-10,12-13,16H,11H2,1-2H3/t12?,13-/m1/s1. The molecule has 90 valence electrons. The van der Waals surface area contributed by atoms with Crippen molar-refractivity contribution in [3.63, 3.8) is 0 Å². The van der Waals surface area contributed by atoms with Gasteiger partial charge in [0, 0.05) is 6.54 Å². The second kappa shape index (κ2) is 5.69. The molecule has 0 amide bonds. The lowest BCUT2D eigenvalue weighted by Crippen LogP contribution is -2.23. The Balaban J connectivity index is 1.86. The molecule has 17 heavy (non-hydrogen) atoms. The second-order valence-corrected chi connectivity index (χ2v) is 4.46. The van der Waals surface area contributed by atoms with Crippen LogP contribution in [-0.4, -0.2) is 6.54 Å². The molecule has 0 aliphatic heterocycles. The van der Waals surface area contributed by atoms with Crippen LogP contribution >= 0.6 is 0 Å². The molecular formula is C15H19NO. The summed E-state index contributed by atoms with van der Waals surface area (Å²) in [7, 11) is 0. The summed E-state index contributed by atoms with van der Waals surface area (Å²) in [5, 5.41) is 3.49. The maximum absolute atomic E-state index is 5.37. The molecule has 2 heteroatoms. The molecule has 1 heterocycles. The highest BCUT2D eigenvalue weighted by atomic mass is 16.3. The van der Waals surface area contributed by atoms with E-state index < -0.39 is 0 Å². The number of nitrogens with one attached hydrogen (secondary N) is 1. The predicted octanol–water partition coefficient (Wildman–Crippen LogP) is 3.73. The first kappa shape index (κ1) is 11.9. The van der Waals surface area contributed by atoms with Crippen molar-refractivity contribution in [3.8, 4) is 0 Å². The lowest BCUT2D eigenvalue weighted by molar-refractivity contribution is 0.424. The molecule has 0 fully saturated rings. The van der Waals surface area contributed by atoms with Gasteiger partial charge in [-0.1, -0.05) is 37.3 Å². The van der Waals surface area contributed by atoms with Gasteiger partial charge in [-0.25, -0.2) is 0 Å². The van der Waals surface area contributed by atoms with Gasteiger partial charge in [0.2, 0.25) is 0 Å². The molecule has 0 bridgehead atoms. The summed E-state index contributed by atoms with van der Waals surface area (Å²) in [6, 6.07) is 14.8. The fourth-order valence-corrected chi connectivity index (χ4v) is 1.89. The molecule has 1 aromatic carbocycles. The van der Waals surface area contributed by atoms with Crippen LogP contribution in [0.5, 0.6) is 0 Å². The summed E-state index contributed by atoms with van der Waals surface area (Å²) < 4.78 is 5.37. The summed E-state index contributed by atoms with van der Waals surface area (Å²) in [5.74, 6) is 1.50. The minimum Gasteiger partial charge on any atom is -0.468 e. The SMILES string of the molecule is CC(CN[C@H](C)c1ccco1)c1ccccc1. The molecule has 0 aliphatic carbocycles. The van der Waals surface area contributed by atoms with Crippen LogP contribution in [0.25, 0.3) is 0 Å². The van der Waals surface area contributed by atoms with E-state index in [1.54, 1.807) is 6.26 Å². The molecule has 2 nitrogen and oxygen atoms in total. The Labute approximate surface area is 103 Å². The van der Waals surface area contributed by atoms with Gasteiger partial charge in [0.25, 0.3) is 0 Å². The van der Waals surface area contributed by atoms with Gasteiger partial charge < -0.3 is 9.73 Å². The van der Waals surface area contributed by atoms with E-state index in [1.165, 1.54) is 5.56 Å². The minimum atomic E-state index is 0.260. The van der Waals surface area contributed by atoms with Gasteiger partial charge in [-0.3, -0.25) is 0 Å². The van der Waals surface area contributed by atoms with Crippen molar-refractivity contribution in [2.24, 2.45) is 0 Å². The zero-order valence-corrected chi connectivity index (χ0v) is 10.4. The van der Waals surface area contributed by atoms with Crippen LogP contribution in [0, 0.1) is 0 Å². The number of furan rings is 1. The largest absolute Gasteiger partial charge is 0.468 e. The first-order chi connectivity index (χ1) is 8.27. The quantitative estimate of drug-likeness (QED) is 0.845. The van der Waals surface area contributed by atoms with E-state index in [1.807, 2.05) is 12.1 Å². The van der Waals surface area contributed by atoms with Crippen molar-refractivity contribution in [1.29, 1.82) is 0 Å². The maximum atomic E-state index is 5.37. The van der Waals surface area contributed by atoms with Crippen LogP contribution in [0.4, 0.5) is 0 Å². The van der Waals surface area contributed by atoms with E-state index >= 15 is 0 Å². The van der Waals surface area contributed by atoms with Crippen molar-refractivity contribution in [2.45, 2.75) is 25.8 Å². The Morgan fingerprint density at radius 2 is 1.82 bits per heavy atom. The van der Waals surface area contributed by atoms with Crippen molar-refractivity contribution < 1.29 is 4.42 Å². The maximum Gasteiger partial charge on any atom is 0.120 e. The van der Waals surface area contributed by atoms with Gasteiger partial charge in [-0.05, 0) is 30.5 Å². The molecule has 0 spiro atoms. The molecule has 2 aromatic rings.